The number of alkyl halides is 1. The third-order valence-electron chi connectivity index (χ3n) is 1.74. The van der Waals surface area contributed by atoms with Crippen LogP contribution >= 0.6 is 11.6 Å². The Labute approximate surface area is 73.8 Å². The Morgan fingerprint density at radius 1 is 1.27 bits per heavy atom. The van der Waals surface area contributed by atoms with E-state index in [1.807, 2.05) is 18.2 Å². The predicted octanol–water partition coefficient (Wildman–Crippen LogP) is 0.397. The molecule has 1 nitrogen and oxygen atoms in total. The van der Waals surface area contributed by atoms with E-state index < -0.39 is 8.80 Å². The molecule has 0 aliphatic carbocycles. The fourth-order valence-electron chi connectivity index (χ4n) is 1.01. The first-order chi connectivity index (χ1) is 5.38. The maximum Gasteiger partial charge on any atom is 0.100 e. The van der Waals surface area contributed by atoms with Crippen molar-refractivity contribution in [2.75, 3.05) is 11.7 Å². The fourth-order valence-corrected chi connectivity index (χ4v) is 3.27. The van der Waals surface area contributed by atoms with Crippen molar-refractivity contribution in [3.05, 3.63) is 30.3 Å². The summed E-state index contributed by atoms with van der Waals surface area (Å²) in [6.07, 6.45) is 0.757. The number of rotatable bonds is 3. The quantitative estimate of drug-likeness (QED) is 0.536. The Balaban J connectivity index is 2.74. The van der Waals surface area contributed by atoms with Gasteiger partial charge in [-0.25, -0.2) is 0 Å². The summed E-state index contributed by atoms with van der Waals surface area (Å²) in [6.45, 7) is 0. The van der Waals surface area contributed by atoms with Crippen LogP contribution in [0.2, 0.25) is 0 Å². The predicted molar refractivity (Wildman–Crippen MR) is 53.0 cm³/mol. The molecule has 1 rings (SSSR count). The Morgan fingerprint density at radius 3 is 2.36 bits per heavy atom. The molecule has 0 heterocycles. The monoisotopic (exact) mass is 185 g/mol. The minimum Gasteiger partial charge on any atom is -0.333 e. The third kappa shape index (κ3) is 2.33. The van der Waals surface area contributed by atoms with E-state index >= 15 is 0 Å². The van der Waals surface area contributed by atoms with E-state index in [4.69, 9.17) is 17.3 Å². The van der Waals surface area contributed by atoms with E-state index in [0.29, 0.717) is 0 Å². The molecule has 1 aromatic carbocycles. The molecule has 0 aliphatic rings. The number of hydrogen-bond donors (Lipinski definition) is 1. The average Bonchev–Trinajstić information content (AvgIpc) is 2.09. The van der Waals surface area contributed by atoms with Crippen LogP contribution in [0.15, 0.2) is 30.3 Å². The number of benzene rings is 1. The van der Waals surface area contributed by atoms with Gasteiger partial charge in [0, 0.05) is 5.50 Å². The summed E-state index contributed by atoms with van der Waals surface area (Å²) >= 11 is 5.78. The minimum atomic E-state index is -1.01. The van der Waals surface area contributed by atoms with Crippen LogP contribution < -0.4 is 10.9 Å². The summed E-state index contributed by atoms with van der Waals surface area (Å²) in [6, 6.07) is 10.3. The van der Waals surface area contributed by atoms with Crippen LogP contribution in [0.25, 0.3) is 0 Å². The van der Waals surface area contributed by atoms with Crippen LogP contribution in [-0.2, 0) is 0 Å². The summed E-state index contributed by atoms with van der Waals surface area (Å²) in [4.78, 5) is 0. The molecular formula is C8H12ClNSi. The lowest BCUT2D eigenvalue weighted by molar-refractivity contribution is 1.34. The molecule has 3 heteroatoms. The highest BCUT2D eigenvalue weighted by Gasteiger charge is 2.08. The average molecular weight is 186 g/mol. The Hall–Kier alpha value is -0.313. The molecule has 60 valence electrons. The molecule has 0 spiro atoms. The molecule has 0 saturated carbocycles. The van der Waals surface area contributed by atoms with E-state index in [1.165, 1.54) is 5.19 Å². The standard InChI is InChI=1S/C8H12ClNSi/c9-6-11(7-10)8-4-2-1-3-5-8/h1-5,11H,6-7,10H2. The zero-order valence-corrected chi connectivity index (χ0v) is 8.24. The second kappa shape index (κ2) is 4.54. The first-order valence-corrected chi connectivity index (χ1v) is 6.44. The topological polar surface area (TPSA) is 26.0 Å². The largest absolute Gasteiger partial charge is 0.333 e. The molecule has 0 bridgehead atoms. The molecular weight excluding hydrogens is 174 g/mol. The molecule has 0 amide bonds. The molecule has 0 saturated heterocycles. The van der Waals surface area contributed by atoms with Gasteiger partial charge in [0.25, 0.3) is 0 Å². The Morgan fingerprint density at radius 2 is 1.91 bits per heavy atom. The highest BCUT2D eigenvalue weighted by atomic mass is 35.5. The summed E-state index contributed by atoms with van der Waals surface area (Å²) in [5, 5.41) is 1.37. The van der Waals surface area contributed by atoms with Gasteiger partial charge in [-0.2, -0.15) is 0 Å². The molecule has 1 aromatic rings. The van der Waals surface area contributed by atoms with Crippen LogP contribution in [0, 0.1) is 0 Å². The Kier molecular flexibility index (Phi) is 3.63. The van der Waals surface area contributed by atoms with Gasteiger partial charge in [0.1, 0.15) is 8.80 Å². The van der Waals surface area contributed by atoms with Crippen molar-refractivity contribution in [3.8, 4) is 0 Å². The first-order valence-electron chi connectivity index (χ1n) is 3.69. The molecule has 0 aromatic heterocycles. The van der Waals surface area contributed by atoms with Crippen molar-refractivity contribution in [1.82, 2.24) is 0 Å². The van der Waals surface area contributed by atoms with Crippen LogP contribution in [0.5, 0.6) is 0 Å². The van der Waals surface area contributed by atoms with E-state index in [9.17, 15) is 0 Å². The first kappa shape index (κ1) is 8.78. The van der Waals surface area contributed by atoms with E-state index in [1.54, 1.807) is 0 Å². The van der Waals surface area contributed by atoms with Crippen molar-refractivity contribution in [3.63, 3.8) is 0 Å². The minimum absolute atomic E-state index is 0.737. The maximum absolute atomic E-state index is 5.78. The lowest BCUT2D eigenvalue weighted by Crippen LogP contribution is -2.40. The van der Waals surface area contributed by atoms with Gasteiger partial charge in [-0.15, -0.1) is 11.6 Å². The third-order valence-corrected chi connectivity index (χ3v) is 5.13. The maximum atomic E-state index is 5.78. The van der Waals surface area contributed by atoms with Gasteiger partial charge >= 0.3 is 0 Å². The summed E-state index contributed by atoms with van der Waals surface area (Å²) < 4.78 is 0. The van der Waals surface area contributed by atoms with E-state index in [0.717, 1.165) is 11.7 Å². The van der Waals surface area contributed by atoms with Gasteiger partial charge in [-0.1, -0.05) is 35.5 Å². The molecule has 0 aliphatic heterocycles. The molecule has 11 heavy (non-hydrogen) atoms. The Bertz CT molecular complexity index is 199. The summed E-state index contributed by atoms with van der Waals surface area (Å²) in [7, 11) is -1.01. The zero-order chi connectivity index (χ0) is 8.10. The van der Waals surface area contributed by atoms with Crippen LogP contribution in [0.1, 0.15) is 0 Å². The second-order valence-electron chi connectivity index (χ2n) is 2.50. The zero-order valence-electron chi connectivity index (χ0n) is 6.33. The summed E-state index contributed by atoms with van der Waals surface area (Å²) in [5.41, 5.74) is 6.33. The number of halogens is 1. The van der Waals surface area contributed by atoms with Crippen molar-refractivity contribution < 1.29 is 0 Å². The van der Waals surface area contributed by atoms with Gasteiger partial charge in [-0.05, 0) is 6.17 Å². The SMILES string of the molecule is NC[SiH](CCl)c1ccccc1. The van der Waals surface area contributed by atoms with Crippen molar-refractivity contribution in [1.29, 1.82) is 0 Å². The van der Waals surface area contributed by atoms with Gasteiger partial charge in [0.05, 0.1) is 0 Å². The second-order valence-corrected chi connectivity index (χ2v) is 6.26. The van der Waals surface area contributed by atoms with Crippen molar-refractivity contribution >= 4 is 25.6 Å². The summed E-state index contributed by atoms with van der Waals surface area (Å²) in [5.74, 6) is 0. The van der Waals surface area contributed by atoms with E-state index in [-0.39, 0.29) is 0 Å². The molecule has 0 fully saturated rings. The number of nitrogens with two attached hydrogens (primary N) is 1. The van der Waals surface area contributed by atoms with Crippen LogP contribution in [-0.4, -0.2) is 20.5 Å². The molecule has 2 N–H and O–H groups in total. The van der Waals surface area contributed by atoms with Crippen molar-refractivity contribution in [2.24, 2.45) is 5.73 Å². The molecule has 1 atom stereocenters. The lowest BCUT2D eigenvalue weighted by Gasteiger charge is -2.08. The van der Waals surface area contributed by atoms with Gasteiger partial charge < -0.3 is 5.73 Å². The van der Waals surface area contributed by atoms with Gasteiger partial charge in [0.2, 0.25) is 0 Å². The fraction of sp³-hybridized carbons (Fsp3) is 0.250. The normalized spacial score (nSPS) is 12.9. The molecule has 0 radical (unpaired) electrons. The van der Waals surface area contributed by atoms with Crippen LogP contribution in [0.3, 0.4) is 0 Å². The van der Waals surface area contributed by atoms with Crippen molar-refractivity contribution in [2.45, 2.75) is 0 Å². The van der Waals surface area contributed by atoms with Crippen LogP contribution in [0.4, 0.5) is 0 Å². The van der Waals surface area contributed by atoms with Gasteiger partial charge in [0.15, 0.2) is 0 Å². The highest BCUT2D eigenvalue weighted by Crippen LogP contribution is 1.89. The lowest BCUT2D eigenvalue weighted by atomic mass is 10.4. The smallest absolute Gasteiger partial charge is 0.100 e. The molecule has 1 unspecified atom stereocenters. The van der Waals surface area contributed by atoms with E-state index in [2.05, 4.69) is 12.1 Å². The highest BCUT2D eigenvalue weighted by molar-refractivity contribution is 6.79. The number of hydrogen-bond acceptors (Lipinski definition) is 1. The van der Waals surface area contributed by atoms with Gasteiger partial charge in [-0.3, -0.25) is 0 Å².